The van der Waals surface area contributed by atoms with Crippen LogP contribution >= 0.6 is 0 Å². The molecule has 3 amide bonds. The van der Waals surface area contributed by atoms with Crippen LogP contribution in [0, 0.1) is 0 Å². The predicted octanol–water partition coefficient (Wildman–Crippen LogP) is 4.17. The third-order valence-electron chi connectivity index (χ3n) is 4.58. The van der Waals surface area contributed by atoms with Gasteiger partial charge in [-0.2, -0.15) is 0 Å². The number of benzene rings is 3. The van der Waals surface area contributed by atoms with Crippen LogP contribution in [0.15, 0.2) is 78.9 Å². The highest BCUT2D eigenvalue weighted by molar-refractivity contribution is 6.06. The first-order valence-corrected chi connectivity index (χ1v) is 9.51. The molecule has 0 aliphatic rings. The number of amides is 3. The Morgan fingerprint density at radius 2 is 1.33 bits per heavy atom. The molecule has 30 heavy (non-hydrogen) atoms. The first-order valence-electron chi connectivity index (χ1n) is 9.51. The van der Waals surface area contributed by atoms with E-state index < -0.39 is 0 Å². The number of nitrogens with zero attached hydrogens (tertiary/aromatic N) is 1. The Hall–Kier alpha value is -3.93. The minimum absolute atomic E-state index is 0.0242. The zero-order valence-corrected chi connectivity index (χ0v) is 16.9. The molecule has 0 saturated heterocycles. The molecule has 0 atom stereocenters. The summed E-state index contributed by atoms with van der Waals surface area (Å²) in [4.78, 5) is 37.8. The van der Waals surface area contributed by atoms with E-state index in [1.54, 1.807) is 66.5 Å². The van der Waals surface area contributed by atoms with Crippen molar-refractivity contribution in [3.63, 3.8) is 0 Å². The molecule has 0 aromatic heterocycles. The lowest BCUT2D eigenvalue weighted by Crippen LogP contribution is -2.23. The van der Waals surface area contributed by atoms with Gasteiger partial charge in [0.2, 0.25) is 5.91 Å². The van der Waals surface area contributed by atoms with Gasteiger partial charge in [0.15, 0.2) is 0 Å². The van der Waals surface area contributed by atoms with Crippen molar-refractivity contribution in [2.75, 3.05) is 17.7 Å². The smallest absolute Gasteiger partial charge is 0.255 e. The number of hydrogen-bond acceptors (Lipinski definition) is 3. The summed E-state index contributed by atoms with van der Waals surface area (Å²) >= 11 is 0. The van der Waals surface area contributed by atoms with Gasteiger partial charge in [0.1, 0.15) is 0 Å². The molecule has 0 fully saturated rings. The van der Waals surface area contributed by atoms with Gasteiger partial charge in [-0.05, 0) is 54.1 Å². The van der Waals surface area contributed by atoms with Gasteiger partial charge in [0, 0.05) is 43.0 Å². The summed E-state index contributed by atoms with van der Waals surface area (Å²) in [6, 6.07) is 23.0. The molecular weight excluding hydrogens is 378 g/mol. The van der Waals surface area contributed by atoms with E-state index in [0.29, 0.717) is 29.0 Å². The Morgan fingerprint density at radius 3 is 1.97 bits per heavy atom. The molecule has 0 aliphatic heterocycles. The highest BCUT2D eigenvalue weighted by Crippen LogP contribution is 2.16. The highest BCUT2D eigenvalue weighted by Gasteiger charge is 2.09. The van der Waals surface area contributed by atoms with Crippen molar-refractivity contribution in [3.8, 4) is 0 Å². The van der Waals surface area contributed by atoms with Gasteiger partial charge in [-0.25, -0.2) is 0 Å². The summed E-state index contributed by atoms with van der Waals surface area (Å²) in [6.07, 6.45) is 0. The first-order chi connectivity index (χ1) is 14.4. The average Bonchev–Trinajstić information content (AvgIpc) is 2.75. The lowest BCUT2D eigenvalue weighted by atomic mass is 10.1. The van der Waals surface area contributed by atoms with Gasteiger partial charge < -0.3 is 15.5 Å². The van der Waals surface area contributed by atoms with Crippen LogP contribution in [-0.4, -0.2) is 29.7 Å². The summed E-state index contributed by atoms with van der Waals surface area (Å²) < 4.78 is 0. The van der Waals surface area contributed by atoms with Crippen LogP contribution in [0.25, 0.3) is 0 Å². The van der Waals surface area contributed by atoms with Crippen molar-refractivity contribution in [2.45, 2.75) is 13.5 Å². The number of rotatable bonds is 6. The molecule has 2 N–H and O–H groups in total. The lowest BCUT2D eigenvalue weighted by molar-refractivity contribution is -0.128. The lowest BCUT2D eigenvalue weighted by Gasteiger charge is -2.15. The van der Waals surface area contributed by atoms with E-state index in [4.69, 9.17) is 0 Å². The van der Waals surface area contributed by atoms with Crippen LogP contribution in [0.4, 0.5) is 11.4 Å². The minimum Gasteiger partial charge on any atom is -0.342 e. The van der Waals surface area contributed by atoms with Gasteiger partial charge in [0.05, 0.1) is 0 Å². The molecule has 0 bridgehead atoms. The molecule has 6 heteroatoms. The van der Waals surface area contributed by atoms with Crippen molar-refractivity contribution >= 4 is 29.1 Å². The standard InChI is InChI=1S/C24H23N3O3/c1-17(28)27(2)16-18-7-6-10-22(15-18)26-24(30)20-11-13-21(14-12-20)25-23(29)19-8-4-3-5-9-19/h3-15H,16H2,1-2H3,(H,25,29)(H,26,30). The second kappa shape index (κ2) is 9.52. The minimum atomic E-state index is -0.256. The van der Waals surface area contributed by atoms with Crippen molar-refractivity contribution in [2.24, 2.45) is 0 Å². The average molecular weight is 401 g/mol. The topological polar surface area (TPSA) is 78.5 Å². The largest absolute Gasteiger partial charge is 0.342 e. The van der Waals surface area contributed by atoms with Crippen LogP contribution in [0.5, 0.6) is 0 Å². The fourth-order valence-electron chi connectivity index (χ4n) is 2.83. The van der Waals surface area contributed by atoms with E-state index in [1.807, 2.05) is 24.3 Å². The summed E-state index contributed by atoms with van der Waals surface area (Å²) in [6.45, 7) is 1.98. The quantitative estimate of drug-likeness (QED) is 0.651. The molecule has 6 nitrogen and oxygen atoms in total. The molecule has 0 spiro atoms. The van der Waals surface area contributed by atoms with Crippen molar-refractivity contribution < 1.29 is 14.4 Å². The maximum atomic E-state index is 12.5. The van der Waals surface area contributed by atoms with Gasteiger partial charge in [-0.1, -0.05) is 30.3 Å². The second-order valence-electron chi connectivity index (χ2n) is 6.93. The monoisotopic (exact) mass is 401 g/mol. The Labute approximate surface area is 175 Å². The maximum Gasteiger partial charge on any atom is 0.255 e. The van der Waals surface area contributed by atoms with E-state index in [1.165, 1.54) is 6.92 Å². The molecule has 0 saturated carbocycles. The van der Waals surface area contributed by atoms with E-state index in [2.05, 4.69) is 10.6 Å². The molecule has 0 radical (unpaired) electrons. The predicted molar refractivity (Wildman–Crippen MR) is 117 cm³/mol. The third-order valence-corrected chi connectivity index (χ3v) is 4.58. The molecular formula is C24H23N3O3. The summed E-state index contributed by atoms with van der Waals surface area (Å²) in [7, 11) is 1.73. The van der Waals surface area contributed by atoms with E-state index in [-0.39, 0.29) is 17.7 Å². The van der Waals surface area contributed by atoms with Gasteiger partial charge >= 0.3 is 0 Å². The van der Waals surface area contributed by atoms with Crippen molar-refractivity contribution in [1.82, 2.24) is 4.90 Å². The number of nitrogens with one attached hydrogen (secondary N) is 2. The number of carbonyl (C=O) groups excluding carboxylic acids is 3. The Kier molecular flexibility index (Phi) is 6.60. The molecule has 3 aromatic rings. The van der Waals surface area contributed by atoms with Gasteiger partial charge in [-0.15, -0.1) is 0 Å². The number of anilines is 2. The summed E-state index contributed by atoms with van der Waals surface area (Å²) in [5.41, 5.74) is 3.21. The Bertz CT molecular complexity index is 1050. The van der Waals surface area contributed by atoms with Crippen LogP contribution in [0.3, 0.4) is 0 Å². The highest BCUT2D eigenvalue weighted by atomic mass is 16.2. The summed E-state index contributed by atoms with van der Waals surface area (Å²) in [5, 5.41) is 5.66. The fourth-order valence-corrected chi connectivity index (χ4v) is 2.83. The Balaban J connectivity index is 1.62. The van der Waals surface area contributed by atoms with Crippen molar-refractivity contribution in [1.29, 1.82) is 0 Å². The molecule has 0 unspecified atom stereocenters. The molecule has 3 rings (SSSR count). The zero-order chi connectivity index (χ0) is 21.5. The Morgan fingerprint density at radius 1 is 0.733 bits per heavy atom. The van der Waals surface area contributed by atoms with E-state index in [9.17, 15) is 14.4 Å². The second-order valence-corrected chi connectivity index (χ2v) is 6.93. The normalized spacial score (nSPS) is 10.2. The molecule has 152 valence electrons. The molecule has 3 aromatic carbocycles. The molecule has 0 heterocycles. The zero-order valence-electron chi connectivity index (χ0n) is 16.9. The fraction of sp³-hybridized carbons (Fsp3) is 0.125. The van der Waals surface area contributed by atoms with E-state index in [0.717, 1.165) is 5.56 Å². The first kappa shape index (κ1) is 20.8. The third kappa shape index (κ3) is 5.54. The SMILES string of the molecule is CC(=O)N(C)Cc1cccc(NC(=O)c2ccc(NC(=O)c3ccccc3)cc2)c1. The van der Waals surface area contributed by atoms with E-state index >= 15 is 0 Å². The maximum absolute atomic E-state index is 12.5. The van der Waals surface area contributed by atoms with Gasteiger partial charge in [0.25, 0.3) is 11.8 Å². The number of carbonyl (C=O) groups is 3. The van der Waals surface area contributed by atoms with Crippen LogP contribution in [0.2, 0.25) is 0 Å². The number of hydrogen-bond donors (Lipinski definition) is 2. The van der Waals surface area contributed by atoms with Crippen LogP contribution < -0.4 is 10.6 Å². The van der Waals surface area contributed by atoms with Gasteiger partial charge in [-0.3, -0.25) is 14.4 Å². The van der Waals surface area contributed by atoms with Crippen LogP contribution in [0.1, 0.15) is 33.2 Å². The molecule has 0 aliphatic carbocycles. The van der Waals surface area contributed by atoms with Crippen LogP contribution in [-0.2, 0) is 11.3 Å². The van der Waals surface area contributed by atoms with Crippen molar-refractivity contribution in [3.05, 3.63) is 95.6 Å². The summed E-state index contributed by atoms with van der Waals surface area (Å²) in [5.74, 6) is -0.489.